The highest BCUT2D eigenvalue weighted by atomic mass is 16.6. The minimum atomic E-state index is -0.553. The van der Waals surface area contributed by atoms with Gasteiger partial charge in [0.05, 0.1) is 12.1 Å². The fourth-order valence-electron chi connectivity index (χ4n) is 1.84. The van der Waals surface area contributed by atoms with E-state index in [-0.39, 0.29) is 5.91 Å². The molecule has 0 saturated carbocycles. The van der Waals surface area contributed by atoms with E-state index in [0.717, 1.165) is 13.0 Å². The van der Waals surface area contributed by atoms with E-state index < -0.39 is 17.2 Å². The first-order valence-corrected chi connectivity index (χ1v) is 6.64. The maximum atomic E-state index is 11.7. The molecule has 0 bridgehead atoms. The van der Waals surface area contributed by atoms with Gasteiger partial charge in [0.2, 0.25) is 5.91 Å². The summed E-state index contributed by atoms with van der Waals surface area (Å²) in [7, 11) is 0. The Morgan fingerprint density at radius 3 is 2.53 bits per heavy atom. The zero-order valence-electron chi connectivity index (χ0n) is 12.5. The fourth-order valence-corrected chi connectivity index (χ4v) is 1.84. The molecule has 0 aromatic rings. The molecule has 0 aromatic heterocycles. The normalized spacial score (nSPS) is 17.3. The van der Waals surface area contributed by atoms with Crippen molar-refractivity contribution in [3.05, 3.63) is 0 Å². The van der Waals surface area contributed by atoms with Crippen LogP contribution in [-0.4, -0.2) is 41.2 Å². The van der Waals surface area contributed by atoms with Crippen LogP contribution in [-0.2, 0) is 9.53 Å². The van der Waals surface area contributed by atoms with Crippen molar-refractivity contribution in [2.75, 3.05) is 13.1 Å². The van der Waals surface area contributed by atoms with Gasteiger partial charge in [-0.25, -0.2) is 10.2 Å². The van der Waals surface area contributed by atoms with E-state index in [9.17, 15) is 9.59 Å². The maximum Gasteiger partial charge on any atom is 0.408 e. The van der Waals surface area contributed by atoms with Gasteiger partial charge in [0.15, 0.2) is 0 Å². The van der Waals surface area contributed by atoms with Gasteiger partial charge in [0, 0.05) is 13.0 Å². The first-order chi connectivity index (χ1) is 8.59. The number of rotatable bonds is 3. The molecule has 110 valence electrons. The van der Waals surface area contributed by atoms with Gasteiger partial charge >= 0.3 is 6.09 Å². The fraction of sp³-hybridized carbons (Fsp3) is 0.846. The summed E-state index contributed by atoms with van der Waals surface area (Å²) in [5, 5.41) is 4.36. The van der Waals surface area contributed by atoms with Crippen LogP contribution in [0.15, 0.2) is 0 Å². The maximum absolute atomic E-state index is 11.7. The molecule has 19 heavy (non-hydrogen) atoms. The lowest BCUT2D eigenvalue weighted by Gasteiger charge is -2.36. The standard InChI is InChI=1S/C13H25N3O3/c1-12(2,3)19-11(18)15-13(4,5)9-16-10(17)7-6-8-14-16/h14H,6-9H2,1-5H3,(H,15,18). The molecule has 1 fully saturated rings. The second kappa shape index (κ2) is 5.77. The molecule has 1 aliphatic heterocycles. The minimum Gasteiger partial charge on any atom is -0.444 e. The SMILES string of the molecule is CC(C)(CN1NCCCC1=O)NC(=O)OC(C)(C)C. The molecule has 1 rings (SSSR count). The molecule has 0 unspecified atom stereocenters. The number of carbonyl (C=O) groups excluding carboxylic acids is 2. The quantitative estimate of drug-likeness (QED) is 0.814. The number of carbonyl (C=O) groups is 2. The van der Waals surface area contributed by atoms with Crippen LogP contribution < -0.4 is 10.7 Å². The Labute approximate surface area is 114 Å². The molecule has 1 heterocycles. The smallest absolute Gasteiger partial charge is 0.408 e. The summed E-state index contributed by atoms with van der Waals surface area (Å²) in [6, 6.07) is 0. The lowest BCUT2D eigenvalue weighted by Crippen LogP contribution is -2.58. The zero-order chi connectivity index (χ0) is 14.7. The first kappa shape index (κ1) is 15.8. The van der Waals surface area contributed by atoms with Gasteiger partial charge < -0.3 is 10.1 Å². The third kappa shape index (κ3) is 5.92. The van der Waals surface area contributed by atoms with Crippen LogP contribution in [0.5, 0.6) is 0 Å². The van der Waals surface area contributed by atoms with Crippen LogP contribution in [0, 0.1) is 0 Å². The lowest BCUT2D eigenvalue weighted by atomic mass is 10.1. The lowest BCUT2D eigenvalue weighted by molar-refractivity contribution is -0.138. The summed E-state index contributed by atoms with van der Waals surface area (Å²) in [5.41, 5.74) is 1.96. The number of alkyl carbamates (subject to hydrolysis) is 1. The molecule has 6 nitrogen and oxygen atoms in total. The average molecular weight is 271 g/mol. The number of nitrogens with zero attached hydrogens (tertiary/aromatic N) is 1. The van der Waals surface area contributed by atoms with E-state index in [2.05, 4.69) is 10.7 Å². The van der Waals surface area contributed by atoms with Gasteiger partial charge in [0.1, 0.15) is 5.60 Å². The molecule has 0 aliphatic carbocycles. The Kier molecular flexibility index (Phi) is 4.79. The van der Waals surface area contributed by atoms with Crippen molar-refractivity contribution in [1.29, 1.82) is 0 Å². The Hall–Kier alpha value is -1.30. The molecule has 1 aliphatic rings. The van der Waals surface area contributed by atoms with Gasteiger partial charge in [-0.1, -0.05) is 0 Å². The second-order valence-corrected chi connectivity index (χ2v) is 6.50. The summed E-state index contributed by atoms with van der Waals surface area (Å²) in [6.45, 7) is 10.4. The Morgan fingerprint density at radius 1 is 1.37 bits per heavy atom. The highest BCUT2D eigenvalue weighted by molar-refractivity contribution is 5.76. The van der Waals surface area contributed by atoms with E-state index in [0.29, 0.717) is 13.0 Å². The summed E-state index contributed by atoms with van der Waals surface area (Å²) in [5.74, 6) is 0.0605. The van der Waals surface area contributed by atoms with Crippen LogP contribution in [0.1, 0.15) is 47.5 Å². The molecule has 0 spiro atoms. The molecule has 0 atom stereocenters. The van der Waals surface area contributed by atoms with Crippen molar-refractivity contribution in [2.45, 2.75) is 58.6 Å². The topological polar surface area (TPSA) is 70.7 Å². The van der Waals surface area contributed by atoms with Crippen molar-refractivity contribution in [2.24, 2.45) is 0 Å². The number of hydrogen-bond donors (Lipinski definition) is 2. The number of amides is 2. The predicted octanol–water partition coefficient (Wildman–Crippen LogP) is 1.42. The molecule has 1 saturated heterocycles. The number of hydrogen-bond acceptors (Lipinski definition) is 4. The van der Waals surface area contributed by atoms with Crippen molar-refractivity contribution in [3.8, 4) is 0 Å². The highest BCUT2D eigenvalue weighted by Crippen LogP contribution is 2.12. The largest absolute Gasteiger partial charge is 0.444 e. The van der Waals surface area contributed by atoms with E-state index in [1.54, 1.807) is 5.01 Å². The van der Waals surface area contributed by atoms with Crippen molar-refractivity contribution >= 4 is 12.0 Å². The molecule has 2 amide bonds. The molecular formula is C13H25N3O3. The van der Waals surface area contributed by atoms with E-state index in [4.69, 9.17) is 4.74 Å². The summed E-state index contributed by atoms with van der Waals surface area (Å²) >= 11 is 0. The van der Waals surface area contributed by atoms with Gasteiger partial charge in [0.25, 0.3) is 0 Å². The van der Waals surface area contributed by atoms with E-state index >= 15 is 0 Å². The third-order valence-electron chi connectivity index (χ3n) is 2.56. The van der Waals surface area contributed by atoms with Crippen molar-refractivity contribution in [3.63, 3.8) is 0 Å². The van der Waals surface area contributed by atoms with Crippen LogP contribution >= 0.6 is 0 Å². The van der Waals surface area contributed by atoms with Crippen LogP contribution in [0.3, 0.4) is 0 Å². The number of ether oxygens (including phenoxy) is 1. The zero-order valence-corrected chi connectivity index (χ0v) is 12.5. The molecule has 0 aromatic carbocycles. The Balaban J connectivity index is 2.51. The van der Waals surface area contributed by atoms with Crippen molar-refractivity contribution in [1.82, 2.24) is 15.8 Å². The molecule has 2 N–H and O–H groups in total. The minimum absolute atomic E-state index is 0.0605. The highest BCUT2D eigenvalue weighted by Gasteiger charge is 2.29. The van der Waals surface area contributed by atoms with Crippen molar-refractivity contribution < 1.29 is 14.3 Å². The van der Waals surface area contributed by atoms with Gasteiger partial charge in [-0.15, -0.1) is 0 Å². The summed E-state index contributed by atoms with van der Waals surface area (Å²) < 4.78 is 5.22. The van der Waals surface area contributed by atoms with E-state index in [1.807, 2.05) is 34.6 Å². The van der Waals surface area contributed by atoms with Gasteiger partial charge in [-0.05, 0) is 41.0 Å². The van der Waals surface area contributed by atoms with Crippen LogP contribution in [0.25, 0.3) is 0 Å². The third-order valence-corrected chi connectivity index (χ3v) is 2.56. The van der Waals surface area contributed by atoms with Crippen LogP contribution in [0.4, 0.5) is 4.79 Å². The monoisotopic (exact) mass is 271 g/mol. The molecular weight excluding hydrogens is 246 g/mol. The Morgan fingerprint density at radius 2 is 2.00 bits per heavy atom. The van der Waals surface area contributed by atoms with Gasteiger partial charge in [-0.2, -0.15) is 0 Å². The Bertz CT molecular complexity index is 348. The number of nitrogens with one attached hydrogen (secondary N) is 2. The van der Waals surface area contributed by atoms with Crippen LogP contribution in [0.2, 0.25) is 0 Å². The first-order valence-electron chi connectivity index (χ1n) is 6.64. The average Bonchev–Trinajstić information content (AvgIpc) is 2.17. The summed E-state index contributed by atoms with van der Waals surface area (Å²) in [4.78, 5) is 23.4. The second-order valence-electron chi connectivity index (χ2n) is 6.50. The summed E-state index contributed by atoms with van der Waals surface area (Å²) in [6.07, 6.45) is 0.937. The van der Waals surface area contributed by atoms with Gasteiger partial charge in [-0.3, -0.25) is 9.80 Å². The number of hydrazine groups is 1. The predicted molar refractivity (Wildman–Crippen MR) is 72.4 cm³/mol. The molecule has 0 radical (unpaired) electrons. The molecule has 6 heteroatoms. The van der Waals surface area contributed by atoms with E-state index in [1.165, 1.54) is 0 Å².